The van der Waals surface area contributed by atoms with E-state index in [0.717, 1.165) is 28.6 Å². The molecule has 3 aromatic carbocycles. The number of benzene rings is 3. The number of ether oxygens (including phenoxy) is 2. The number of nitrogens with one attached hydrogen (secondary N) is 1. The smallest absolute Gasteiger partial charge is 0.293 e. The number of hydrogen-bond acceptors (Lipinski definition) is 6. The molecule has 0 atom stereocenters. The molecular formula is C28H25ClN2O5S. The van der Waals surface area contributed by atoms with E-state index < -0.39 is 0 Å². The Balaban J connectivity index is 1.33. The van der Waals surface area contributed by atoms with Crippen molar-refractivity contribution in [3.05, 3.63) is 93.3 Å². The molecule has 1 heterocycles. The summed E-state index contributed by atoms with van der Waals surface area (Å²) in [7, 11) is 0. The number of aryl methyl sites for hydroxylation is 2. The zero-order valence-corrected chi connectivity index (χ0v) is 21.9. The summed E-state index contributed by atoms with van der Waals surface area (Å²) in [6.45, 7) is 4.06. The van der Waals surface area contributed by atoms with Gasteiger partial charge >= 0.3 is 0 Å². The summed E-state index contributed by atoms with van der Waals surface area (Å²) in [6.07, 6.45) is 1.63. The quantitative estimate of drug-likeness (QED) is 0.333. The van der Waals surface area contributed by atoms with Crippen LogP contribution in [0.25, 0.3) is 6.08 Å². The summed E-state index contributed by atoms with van der Waals surface area (Å²) in [5.41, 5.74) is 3.23. The number of halogens is 1. The van der Waals surface area contributed by atoms with Gasteiger partial charge in [0, 0.05) is 0 Å². The molecule has 0 aliphatic carbocycles. The molecule has 0 aromatic heterocycles. The predicted octanol–water partition coefficient (Wildman–Crippen LogP) is 6.09. The van der Waals surface area contributed by atoms with Crippen molar-refractivity contribution in [2.45, 2.75) is 13.8 Å². The molecule has 0 bridgehead atoms. The van der Waals surface area contributed by atoms with E-state index in [0.29, 0.717) is 26.9 Å². The lowest BCUT2D eigenvalue weighted by Gasteiger charge is -2.14. The average molecular weight is 537 g/mol. The fourth-order valence-corrected chi connectivity index (χ4v) is 4.59. The fourth-order valence-electron chi connectivity index (χ4n) is 3.55. The van der Waals surface area contributed by atoms with Crippen LogP contribution in [0.3, 0.4) is 0 Å². The monoisotopic (exact) mass is 536 g/mol. The highest BCUT2D eigenvalue weighted by molar-refractivity contribution is 8.18. The van der Waals surface area contributed by atoms with Crippen LogP contribution in [0.5, 0.6) is 11.5 Å². The molecular weight excluding hydrogens is 512 g/mol. The fraction of sp³-hybridized carbons (Fsp3) is 0.179. The van der Waals surface area contributed by atoms with Gasteiger partial charge in [0.1, 0.15) is 18.1 Å². The summed E-state index contributed by atoms with van der Waals surface area (Å²) in [4.78, 5) is 39.0. The standard InChI is InChI=1S/C28H25ClN2O5S/c1-18-10-11-19(2)24(14-18)35-13-12-31-27(33)25(37-28(31)34)16-20-6-5-7-21(15-20)36-17-26(32)30-23-9-4-3-8-22(23)29/h3-11,14-16H,12-13,17H2,1-2H3,(H,30,32)/b25-16-. The van der Waals surface area contributed by atoms with Crippen LogP contribution in [0.1, 0.15) is 16.7 Å². The van der Waals surface area contributed by atoms with E-state index in [1.165, 1.54) is 4.90 Å². The van der Waals surface area contributed by atoms with E-state index in [4.69, 9.17) is 21.1 Å². The number of rotatable bonds is 9. The lowest BCUT2D eigenvalue weighted by molar-refractivity contribution is -0.123. The lowest BCUT2D eigenvalue weighted by atomic mass is 10.1. The average Bonchev–Trinajstić information content (AvgIpc) is 3.14. The molecule has 190 valence electrons. The van der Waals surface area contributed by atoms with Gasteiger partial charge in [-0.05, 0) is 78.7 Å². The normalized spacial score (nSPS) is 14.2. The summed E-state index contributed by atoms with van der Waals surface area (Å²) in [6, 6.07) is 19.8. The Hall–Kier alpha value is -3.75. The van der Waals surface area contributed by atoms with Gasteiger partial charge in [0.05, 0.1) is 22.2 Å². The first-order valence-corrected chi connectivity index (χ1v) is 12.7. The molecule has 9 heteroatoms. The van der Waals surface area contributed by atoms with Gasteiger partial charge < -0.3 is 14.8 Å². The minimum Gasteiger partial charge on any atom is -0.491 e. The number of amides is 3. The Kier molecular flexibility index (Phi) is 8.53. The maximum absolute atomic E-state index is 12.9. The number of hydrogen-bond donors (Lipinski definition) is 1. The SMILES string of the molecule is Cc1ccc(C)c(OCCN2C(=O)S/C(=C\c3cccc(OCC(=O)Nc4ccccc4Cl)c3)C2=O)c1. The number of imide groups is 1. The van der Waals surface area contributed by atoms with Crippen molar-refractivity contribution in [1.29, 1.82) is 0 Å². The summed E-state index contributed by atoms with van der Waals surface area (Å²) in [5, 5.41) is 2.78. The number of nitrogens with zero attached hydrogens (tertiary/aromatic N) is 1. The maximum atomic E-state index is 12.9. The Labute approximate surface area is 224 Å². The van der Waals surface area contributed by atoms with E-state index in [-0.39, 0.29) is 36.8 Å². The van der Waals surface area contributed by atoms with Crippen LogP contribution in [-0.2, 0) is 9.59 Å². The first-order valence-electron chi connectivity index (χ1n) is 11.5. The second-order valence-electron chi connectivity index (χ2n) is 8.34. The van der Waals surface area contributed by atoms with E-state index in [9.17, 15) is 14.4 Å². The highest BCUT2D eigenvalue weighted by Crippen LogP contribution is 2.32. The maximum Gasteiger partial charge on any atom is 0.293 e. The van der Waals surface area contributed by atoms with Crippen LogP contribution in [-0.4, -0.2) is 41.7 Å². The van der Waals surface area contributed by atoms with E-state index in [1.54, 1.807) is 54.6 Å². The molecule has 0 saturated carbocycles. The van der Waals surface area contributed by atoms with Gasteiger partial charge in [-0.15, -0.1) is 0 Å². The zero-order valence-electron chi connectivity index (χ0n) is 20.3. The molecule has 1 fully saturated rings. The van der Waals surface area contributed by atoms with Crippen LogP contribution in [0, 0.1) is 13.8 Å². The second kappa shape index (κ2) is 12.0. The minimum absolute atomic E-state index is 0.152. The van der Waals surface area contributed by atoms with Gasteiger partial charge in [-0.1, -0.05) is 48.0 Å². The van der Waals surface area contributed by atoms with Crippen molar-refractivity contribution in [3.63, 3.8) is 0 Å². The molecule has 0 unspecified atom stereocenters. The van der Waals surface area contributed by atoms with E-state index >= 15 is 0 Å². The van der Waals surface area contributed by atoms with Gasteiger partial charge in [0.2, 0.25) is 0 Å². The number of carbonyl (C=O) groups is 3. The minimum atomic E-state index is -0.370. The Morgan fingerprint density at radius 1 is 1.03 bits per heavy atom. The number of thioether (sulfide) groups is 1. The summed E-state index contributed by atoms with van der Waals surface area (Å²) < 4.78 is 11.4. The van der Waals surface area contributed by atoms with Gasteiger partial charge in [-0.2, -0.15) is 0 Å². The molecule has 7 nitrogen and oxygen atoms in total. The molecule has 0 radical (unpaired) electrons. The third kappa shape index (κ3) is 6.93. The third-order valence-electron chi connectivity index (χ3n) is 5.46. The second-order valence-corrected chi connectivity index (χ2v) is 9.74. The van der Waals surface area contributed by atoms with Crippen molar-refractivity contribution in [3.8, 4) is 11.5 Å². The third-order valence-corrected chi connectivity index (χ3v) is 6.70. The van der Waals surface area contributed by atoms with Crippen LogP contribution in [0.15, 0.2) is 71.6 Å². The van der Waals surface area contributed by atoms with Crippen LogP contribution in [0.4, 0.5) is 10.5 Å². The Bertz CT molecular complexity index is 1370. The molecule has 1 saturated heterocycles. The molecule has 1 aliphatic heterocycles. The van der Waals surface area contributed by atoms with Crippen molar-refractivity contribution in [2.24, 2.45) is 0 Å². The molecule has 3 amide bonds. The van der Waals surface area contributed by atoms with Crippen LogP contribution >= 0.6 is 23.4 Å². The van der Waals surface area contributed by atoms with E-state index in [2.05, 4.69) is 5.32 Å². The van der Waals surface area contributed by atoms with Crippen LogP contribution in [0.2, 0.25) is 5.02 Å². The number of carbonyl (C=O) groups excluding carboxylic acids is 3. The molecule has 4 rings (SSSR count). The van der Waals surface area contributed by atoms with E-state index in [1.807, 2.05) is 32.0 Å². The van der Waals surface area contributed by atoms with Crippen molar-refractivity contribution in [2.75, 3.05) is 25.1 Å². The highest BCUT2D eigenvalue weighted by atomic mass is 35.5. The van der Waals surface area contributed by atoms with Gasteiger partial charge in [-0.25, -0.2) is 0 Å². The zero-order chi connectivity index (χ0) is 26.4. The largest absolute Gasteiger partial charge is 0.491 e. The molecule has 0 spiro atoms. The Morgan fingerprint density at radius 3 is 2.65 bits per heavy atom. The first-order chi connectivity index (χ1) is 17.8. The summed E-state index contributed by atoms with van der Waals surface area (Å²) >= 11 is 6.94. The highest BCUT2D eigenvalue weighted by Gasteiger charge is 2.34. The van der Waals surface area contributed by atoms with Gasteiger partial charge in [0.25, 0.3) is 17.1 Å². The molecule has 1 aliphatic rings. The number of para-hydroxylation sites is 1. The topological polar surface area (TPSA) is 84.9 Å². The van der Waals surface area contributed by atoms with Crippen LogP contribution < -0.4 is 14.8 Å². The van der Waals surface area contributed by atoms with Crippen molar-refractivity contribution >= 4 is 52.2 Å². The van der Waals surface area contributed by atoms with Gasteiger partial charge in [0.15, 0.2) is 6.61 Å². The lowest BCUT2D eigenvalue weighted by Crippen LogP contribution is -2.32. The molecule has 37 heavy (non-hydrogen) atoms. The predicted molar refractivity (Wildman–Crippen MR) is 146 cm³/mol. The van der Waals surface area contributed by atoms with Crippen molar-refractivity contribution < 1.29 is 23.9 Å². The molecule has 1 N–H and O–H groups in total. The van der Waals surface area contributed by atoms with Gasteiger partial charge in [-0.3, -0.25) is 19.3 Å². The molecule has 3 aromatic rings. The summed E-state index contributed by atoms with van der Waals surface area (Å²) in [5.74, 6) is 0.455. The Morgan fingerprint density at radius 2 is 1.84 bits per heavy atom. The van der Waals surface area contributed by atoms with Crippen molar-refractivity contribution in [1.82, 2.24) is 4.90 Å². The first kappa shape index (κ1) is 26.3. The number of anilines is 1.